The van der Waals surface area contributed by atoms with E-state index in [1.165, 1.54) is 44.6 Å². The maximum Gasteiger partial charge on any atom is 0.0927 e. The first-order valence-corrected chi connectivity index (χ1v) is 14.1. The third-order valence-corrected chi connectivity index (χ3v) is 7.38. The molecule has 1 aromatic carbocycles. The number of rotatable bonds is 8. The van der Waals surface area contributed by atoms with Gasteiger partial charge in [-0.1, -0.05) is 106 Å². The molecule has 0 amide bonds. The van der Waals surface area contributed by atoms with E-state index in [1.54, 1.807) is 7.11 Å². The summed E-state index contributed by atoms with van der Waals surface area (Å²) >= 11 is 0. The van der Waals surface area contributed by atoms with Crippen LogP contribution in [0.25, 0.3) is 5.57 Å². The van der Waals surface area contributed by atoms with Crippen molar-refractivity contribution in [3.8, 4) is 11.8 Å². The molecule has 1 atom stereocenters. The Kier molecular flexibility index (Phi) is 14.6. The van der Waals surface area contributed by atoms with E-state index in [0.717, 1.165) is 18.6 Å². The molecule has 0 bridgehead atoms. The van der Waals surface area contributed by atoms with Gasteiger partial charge in [-0.15, -0.1) is 5.92 Å². The lowest BCUT2D eigenvalue weighted by Gasteiger charge is -2.24. The van der Waals surface area contributed by atoms with Gasteiger partial charge in [0.05, 0.1) is 12.9 Å². The van der Waals surface area contributed by atoms with Crippen LogP contribution < -0.4 is 0 Å². The molecule has 0 aliphatic heterocycles. The highest BCUT2D eigenvalue weighted by Crippen LogP contribution is 2.34. The summed E-state index contributed by atoms with van der Waals surface area (Å²) < 4.78 is 5.25. The normalized spacial score (nSPS) is 17.1. The monoisotopic (exact) mass is 512 g/mol. The standard InChI is InChI=1S/C20H28O.C17H24/c1-8-9-19-13-18(14(2)3)10-11-20(19)17(6)15(4)12-16(5)21-7;1-6-16(12-9-15(5)13(2)3)17-10-7-14(4)8-11-17/h10-12,14,19H,13H2,1-7H3;7-13H,6H2,1-5H3/b16-12+,17-15+;15-9+,16-12+. The van der Waals surface area contributed by atoms with Crippen LogP contribution in [0, 0.1) is 36.5 Å². The second-order valence-electron chi connectivity index (χ2n) is 10.9. The smallest absolute Gasteiger partial charge is 0.0927 e. The number of aryl methyl sites for hydroxylation is 1. The van der Waals surface area contributed by atoms with Crippen molar-refractivity contribution in [3.63, 3.8) is 0 Å². The first-order chi connectivity index (χ1) is 17.9. The van der Waals surface area contributed by atoms with Gasteiger partial charge in [0, 0.05) is 5.92 Å². The molecule has 1 aliphatic rings. The summed E-state index contributed by atoms with van der Waals surface area (Å²) in [4.78, 5) is 0. The molecule has 0 N–H and O–H groups in total. The van der Waals surface area contributed by atoms with Gasteiger partial charge in [-0.2, -0.15) is 0 Å². The molecule has 1 nitrogen and oxygen atoms in total. The average molecular weight is 513 g/mol. The maximum atomic E-state index is 5.25. The van der Waals surface area contributed by atoms with Crippen LogP contribution in [-0.4, -0.2) is 7.11 Å². The van der Waals surface area contributed by atoms with Gasteiger partial charge in [0.1, 0.15) is 0 Å². The Hall–Kier alpha value is -2.98. The zero-order valence-corrected chi connectivity index (χ0v) is 26.3. The molecule has 38 heavy (non-hydrogen) atoms. The summed E-state index contributed by atoms with van der Waals surface area (Å²) in [6, 6.07) is 8.78. The first-order valence-electron chi connectivity index (χ1n) is 14.1. The average Bonchev–Trinajstić information content (AvgIpc) is 2.89. The van der Waals surface area contributed by atoms with Gasteiger partial charge < -0.3 is 4.74 Å². The predicted molar refractivity (Wildman–Crippen MR) is 170 cm³/mol. The van der Waals surface area contributed by atoms with Gasteiger partial charge in [-0.3, -0.25) is 0 Å². The minimum Gasteiger partial charge on any atom is -0.501 e. The van der Waals surface area contributed by atoms with Crippen LogP contribution in [0.5, 0.6) is 0 Å². The van der Waals surface area contributed by atoms with E-state index in [9.17, 15) is 0 Å². The maximum absolute atomic E-state index is 5.25. The Morgan fingerprint density at radius 1 is 1.00 bits per heavy atom. The quantitative estimate of drug-likeness (QED) is 0.191. The van der Waals surface area contributed by atoms with Crippen molar-refractivity contribution in [1.82, 2.24) is 0 Å². The molecule has 1 unspecified atom stereocenters. The molecule has 0 spiro atoms. The van der Waals surface area contributed by atoms with Gasteiger partial charge in [0.15, 0.2) is 0 Å². The number of hydrogen-bond donors (Lipinski definition) is 0. The Morgan fingerprint density at radius 3 is 2.13 bits per heavy atom. The molecule has 0 aromatic heterocycles. The third kappa shape index (κ3) is 10.8. The predicted octanol–water partition coefficient (Wildman–Crippen LogP) is 10.8. The summed E-state index contributed by atoms with van der Waals surface area (Å²) in [5, 5.41) is 0. The SMILES string of the molecule is CC#CC1CC(C(C)C)=CC=C1/C(C)=C(C)/C=C(\C)OC.CC/C(=C\C=C(/C)C(C)C)c1ccc(C)cc1. The molecule has 0 radical (unpaired) electrons. The lowest BCUT2D eigenvalue weighted by molar-refractivity contribution is 0.293. The molecule has 0 fully saturated rings. The van der Waals surface area contributed by atoms with Crippen LogP contribution in [0.2, 0.25) is 0 Å². The second-order valence-corrected chi connectivity index (χ2v) is 10.9. The van der Waals surface area contributed by atoms with Gasteiger partial charge in [-0.25, -0.2) is 0 Å². The molecular weight excluding hydrogens is 460 g/mol. The van der Waals surface area contributed by atoms with Crippen molar-refractivity contribution in [2.24, 2.45) is 17.8 Å². The van der Waals surface area contributed by atoms with Gasteiger partial charge in [0.2, 0.25) is 0 Å². The molecule has 1 aliphatic carbocycles. The van der Waals surface area contributed by atoms with Crippen molar-refractivity contribution in [2.45, 2.75) is 89.0 Å². The van der Waals surface area contributed by atoms with Crippen LogP contribution >= 0.6 is 0 Å². The van der Waals surface area contributed by atoms with Crippen LogP contribution in [0.3, 0.4) is 0 Å². The van der Waals surface area contributed by atoms with E-state index in [2.05, 4.69) is 129 Å². The topological polar surface area (TPSA) is 9.23 Å². The van der Waals surface area contributed by atoms with Crippen molar-refractivity contribution < 1.29 is 4.74 Å². The van der Waals surface area contributed by atoms with E-state index in [4.69, 9.17) is 4.74 Å². The number of methoxy groups -OCH3 is 1. The second kappa shape index (κ2) is 16.8. The molecule has 206 valence electrons. The van der Waals surface area contributed by atoms with Crippen molar-refractivity contribution in [1.29, 1.82) is 0 Å². The third-order valence-electron chi connectivity index (χ3n) is 7.38. The van der Waals surface area contributed by atoms with Crippen molar-refractivity contribution in [3.05, 3.63) is 99.4 Å². The first kappa shape index (κ1) is 33.0. The van der Waals surface area contributed by atoms with Crippen LogP contribution in [0.15, 0.2) is 88.3 Å². The molecule has 2 rings (SSSR count). The fourth-order valence-electron chi connectivity index (χ4n) is 4.15. The number of benzene rings is 1. The fourth-order valence-corrected chi connectivity index (χ4v) is 4.15. The zero-order valence-electron chi connectivity index (χ0n) is 26.3. The highest BCUT2D eigenvalue weighted by molar-refractivity contribution is 5.67. The van der Waals surface area contributed by atoms with E-state index < -0.39 is 0 Å². The molecular formula is C37H52O. The Labute approximate surface area is 235 Å². The van der Waals surface area contributed by atoms with E-state index in [0.29, 0.717) is 17.8 Å². The van der Waals surface area contributed by atoms with Crippen LogP contribution in [-0.2, 0) is 4.74 Å². The summed E-state index contributed by atoms with van der Waals surface area (Å²) in [6.07, 6.45) is 13.3. The Bertz CT molecular complexity index is 1150. The molecule has 1 aromatic rings. The van der Waals surface area contributed by atoms with Gasteiger partial charge in [0.25, 0.3) is 0 Å². The van der Waals surface area contributed by atoms with E-state index in [1.807, 2.05) is 13.8 Å². The molecule has 0 heterocycles. The van der Waals surface area contributed by atoms with E-state index in [-0.39, 0.29) is 0 Å². The number of allylic oxidation sites excluding steroid dienone is 12. The van der Waals surface area contributed by atoms with Gasteiger partial charge >= 0.3 is 0 Å². The Balaban J connectivity index is 0.000000389. The molecule has 0 saturated heterocycles. The van der Waals surface area contributed by atoms with Crippen LogP contribution in [0.4, 0.5) is 0 Å². The fraction of sp³-hybridized carbons (Fsp3) is 0.459. The Morgan fingerprint density at radius 2 is 1.63 bits per heavy atom. The minimum absolute atomic E-state index is 0.309. The van der Waals surface area contributed by atoms with E-state index >= 15 is 0 Å². The minimum atomic E-state index is 0.309. The van der Waals surface area contributed by atoms with Crippen molar-refractivity contribution in [2.75, 3.05) is 7.11 Å². The number of ether oxygens (including phenoxy) is 1. The lowest BCUT2D eigenvalue weighted by Crippen LogP contribution is -2.12. The molecule has 1 heteroatoms. The highest BCUT2D eigenvalue weighted by atomic mass is 16.5. The zero-order chi connectivity index (χ0) is 28.8. The summed E-state index contributed by atoms with van der Waals surface area (Å²) in [5.41, 5.74) is 10.9. The number of hydrogen-bond acceptors (Lipinski definition) is 1. The molecule has 0 saturated carbocycles. The van der Waals surface area contributed by atoms with Gasteiger partial charge in [-0.05, 0) is 100 Å². The summed E-state index contributed by atoms with van der Waals surface area (Å²) in [6.45, 7) is 23.7. The summed E-state index contributed by atoms with van der Waals surface area (Å²) in [7, 11) is 1.71. The van der Waals surface area contributed by atoms with Crippen LogP contribution in [0.1, 0.15) is 93.2 Å². The van der Waals surface area contributed by atoms with Crippen molar-refractivity contribution >= 4 is 5.57 Å². The lowest BCUT2D eigenvalue weighted by atomic mass is 9.80. The highest BCUT2D eigenvalue weighted by Gasteiger charge is 2.20. The summed E-state index contributed by atoms with van der Waals surface area (Å²) in [5.74, 6) is 8.92. The largest absolute Gasteiger partial charge is 0.501 e.